The standard InChI is InChI=1S/C22H27ClN2O3S/c1-2-3-16-25(20-9-5-4-6-10-20)22(26)18-8-7-15-24(17-18)29(27,28)21-13-11-19(23)12-14-21/h4-6,9-14,18H,2-3,7-8,15-17H2,1H3. The molecule has 1 aliphatic heterocycles. The van der Waals surface area contributed by atoms with Crippen molar-refractivity contribution in [2.45, 2.75) is 37.5 Å². The highest BCUT2D eigenvalue weighted by Crippen LogP contribution is 2.27. The zero-order valence-corrected chi connectivity index (χ0v) is 18.2. The Morgan fingerprint density at radius 1 is 1.14 bits per heavy atom. The van der Waals surface area contributed by atoms with E-state index in [1.54, 1.807) is 12.1 Å². The summed E-state index contributed by atoms with van der Waals surface area (Å²) in [6, 6.07) is 15.8. The molecule has 2 aromatic rings. The van der Waals surface area contributed by atoms with Gasteiger partial charge >= 0.3 is 0 Å². The molecule has 5 nitrogen and oxygen atoms in total. The molecule has 156 valence electrons. The smallest absolute Gasteiger partial charge is 0.243 e. The van der Waals surface area contributed by atoms with E-state index in [0.29, 0.717) is 31.0 Å². The summed E-state index contributed by atoms with van der Waals surface area (Å²) in [6.07, 6.45) is 3.25. The molecule has 2 aromatic carbocycles. The fourth-order valence-corrected chi connectivity index (χ4v) is 5.28. The highest BCUT2D eigenvalue weighted by atomic mass is 35.5. The lowest BCUT2D eigenvalue weighted by atomic mass is 9.97. The van der Waals surface area contributed by atoms with Crippen LogP contribution in [0.2, 0.25) is 5.02 Å². The van der Waals surface area contributed by atoms with Crippen molar-refractivity contribution < 1.29 is 13.2 Å². The van der Waals surface area contributed by atoms with Gasteiger partial charge in [-0.2, -0.15) is 4.31 Å². The van der Waals surface area contributed by atoms with Crippen LogP contribution in [0.15, 0.2) is 59.5 Å². The molecule has 0 aromatic heterocycles. The van der Waals surface area contributed by atoms with Gasteiger partial charge in [0.1, 0.15) is 0 Å². The van der Waals surface area contributed by atoms with Crippen LogP contribution in [0.25, 0.3) is 0 Å². The van der Waals surface area contributed by atoms with Crippen molar-refractivity contribution in [2.75, 3.05) is 24.5 Å². The van der Waals surface area contributed by atoms with Crippen molar-refractivity contribution in [1.82, 2.24) is 4.31 Å². The molecular weight excluding hydrogens is 408 g/mol. The fraction of sp³-hybridized carbons (Fsp3) is 0.409. The van der Waals surface area contributed by atoms with Crippen LogP contribution in [-0.4, -0.2) is 38.3 Å². The highest BCUT2D eigenvalue weighted by molar-refractivity contribution is 7.89. The number of halogens is 1. The van der Waals surface area contributed by atoms with Gasteiger partial charge in [0, 0.05) is 30.3 Å². The van der Waals surface area contributed by atoms with E-state index < -0.39 is 10.0 Å². The zero-order valence-electron chi connectivity index (χ0n) is 16.6. The molecule has 0 aliphatic carbocycles. The number of sulfonamides is 1. The SMILES string of the molecule is CCCCN(C(=O)C1CCCN(S(=O)(=O)c2ccc(Cl)cc2)C1)c1ccccc1. The Morgan fingerprint density at radius 3 is 2.48 bits per heavy atom. The van der Waals surface area contributed by atoms with Crippen molar-refractivity contribution >= 4 is 33.2 Å². The quantitative estimate of drug-likeness (QED) is 0.641. The second-order valence-electron chi connectivity index (χ2n) is 7.34. The van der Waals surface area contributed by atoms with Crippen LogP contribution in [0, 0.1) is 5.92 Å². The highest BCUT2D eigenvalue weighted by Gasteiger charge is 2.35. The Bertz CT molecular complexity index is 917. The maximum Gasteiger partial charge on any atom is 0.243 e. The van der Waals surface area contributed by atoms with E-state index in [-0.39, 0.29) is 23.3 Å². The van der Waals surface area contributed by atoms with Crippen LogP contribution in [-0.2, 0) is 14.8 Å². The van der Waals surface area contributed by atoms with Gasteiger partial charge in [-0.25, -0.2) is 8.42 Å². The summed E-state index contributed by atoms with van der Waals surface area (Å²) in [6.45, 7) is 3.36. The van der Waals surface area contributed by atoms with Gasteiger partial charge in [0.15, 0.2) is 0 Å². The van der Waals surface area contributed by atoms with Crippen molar-refractivity contribution in [2.24, 2.45) is 5.92 Å². The Balaban J connectivity index is 1.79. The minimum Gasteiger partial charge on any atom is -0.312 e. The number of piperidine rings is 1. The molecule has 1 aliphatic rings. The normalized spacial score (nSPS) is 17.8. The molecule has 3 rings (SSSR count). The summed E-state index contributed by atoms with van der Waals surface area (Å²) >= 11 is 5.89. The van der Waals surface area contributed by atoms with E-state index in [1.165, 1.54) is 16.4 Å². The summed E-state index contributed by atoms with van der Waals surface area (Å²) in [7, 11) is -3.65. The van der Waals surface area contributed by atoms with Crippen molar-refractivity contribution in [3.05, 3.63) is 59.6 Å². The predicted molar refractivity (Wildman–Crippen MR) is 117 cm³/mol. The maximum atomic E-state index is 13.3. The van der Waals surface area contributed by atoms with E-state index >= 15 is 0 Å². The van der Waals surface area contributed by atoms with Crippen molar-refractivity contribution in [3.8, 4) is 0 Å². The number of carbonyl (C=O) groups excluding carboxylic acids is 1. The molecule has 1 atom stereocenters. The third-order valence-corrected chi connectivity index (χ3v) is 7.39. The summed E-state index contributed by atoms with van der Waals surface area (Å²) < 4.78 is 27.5. The molecule has 1 unspecified atom stereocenters. The van der Waals surface area contributed by atoms with Gasteiger partial charge in [-0.1, -0.05) is 43.1 Å². The molecule has 0 saturated carbocycles. The van der Waals surface area contributed by atoms with Gasteiger partial charge in [0.2, 0.25) is 15.9 Å². The molecule has 0 spiro atoms. The zero-order chi connectivity index (χ0) is 20.9. The molecule has 1 amide bonds. The lowest BCUT2D eigenvalue weighted by molar-refractivity contribution is -0.123. The van der Waals surface area contributed by atoms with Crippen LogP contribution in [0.1, 0.15) is 32.6 Å². The molecular formula is C22H27ClN2O3S. The minimum atomic E-state index is -3.65. The van der Waals surface area contributed by atoms with Crippen LogP contribution in [0.4, 0.5) is 5.69 Å². The van der Waals surface area contributed by atoms with Gasteiger partial charge in [-0.05, 0) is 55.7 Å². The lowest BCUT2D eigenvalue weighted by Crippen LogP contribution is -2.47. The first-order valence-corrected chi connectivity index (χ1v) is 11.9. The van der Waals surface area contributed by atoms with Crippen molar-refractivity contribution in [3.63, 3.8) is 0 Å². The Kier molecular flexibility index (Phi) is 7.33. The second-order valence-corrected chi connectivity index (χ2v) is 9.71. The number of hydrogen-bond acceptors (Lipinski definition) is 3. The third kappa shape index (κ3) is 5.18. The number of unbranched alkanes of at least 4 members (excludes halogenated alkanes) is 1. The largest absolute Gasteiger partial charge is 0.312 e. The molecule has 7 heteroatoms. The van der Waals surface area contributed by atoms with E-state index in [2.05, 4.69) is 6.92 Å². The molecule has 29 heavy (non-hydrogen) atoms. The second kappa shape index (κ2) is 9.74. The number of amides is 1. The number of nitrogens with zero attached hydrogens (tertiary/aromatic N) is 2. The first-order chi connectivity index (χ1) is 13.9. The van der Waals surface area contributed by atoms with E-state index in [1.807, 2.05) is 35.2 Å². The molecule has 0 radical (unpaired) electrons. The third-order valence-electron chi connectivity index (χ3n) is 5.25. The summed E-state index contributed by atoms with van der Waals surface area (Å²) in [5.41, 5.74) is 0.864. The number of rotatable bonds is 7. The Labute approximate surface area is 178 Å². The molecule has 1 fully saturated rings. The molecule has 0 N–H and O–H groups in total. The van der Waals surface area contributed by atoms with E-state index in [9.17, 15) is 13.2 Å². The lowest BCUT2D eigenvalue weighted by Gasteiger charge is -2.34. The fourth-order valence-electron chi connectivity index (χ4n) is 3.63. The number of carbonyl (C=O) groups is 1. The summed E-state index contributed by atoms with van der Waals surface area (Å²) in [4.78, 5) is 15.4. The first kappa shape index (κ1) is 21.8. The molecule has 1 saturated heterocycles. The molecule has 0 bridgehead atoms. The van der Waals surface area contributed by atoms with E-state index in [0.717, 1.165) is 18.5 Å². The van der Waals surface area contributed by atoms with Crippen LogP contribution in [0.5, 0.6) is 0 Å². The predicted octanol–water partition coefficient (Wildman–Crippen LogP) is 4.57. The minimum absolute atomic E-state index is 0.000608. The maximum absolute atomic E-state index is 13.3. The van der Waals surface area contributed by atoms with Crippen LogP contribution < -0.4 is 4.90 Å². The van der Waals surface area contributed by atoms with Crippen molar-refractivity contribution in [1.29, 1.82) is 0 Å². The summed E-state index contributed by atoms with van der Waals surface area (Å²) in [5.74, 6) is -0.344. The average Bonchev–Trinajstić information content (AvgIpc) is 2.75. The number of anilines is 1. The number of para-hydroxylation sites is 1. The van der Waals surface area contributed by atoms with Gasteiger partial charge in [0.25, 0.3) is 0 Å². The number of hydrogen-bond donors (Lipinski definition) is 0. The summed E-state index contributed by atoms with van der Waals surface area (Å²) in [5, 5.41) is 0.491. The van der Waals surface area contributed by atoms with Gasteiger partial charge in [-0.3, -0.25) is 4.79 Å². The Morgan fingerprint density at radius 2 is 1.83 bits per heavy atom. The average molecular weight is 435 g/mol. The van der Waals surface area contributed by atoms with Gasteiger partial charge in [-0.15, -0.1) is 0 Å². The van der Waals surface area contributed by atoms with E-state index in [4.69, 9.17) is 11.6 Å². The van der Waals surface area contributed by atoms with Gasteiger partial charge in [0.05, 0.1) is 10.8 Å². The number of benzene rings is 2. The topological polar surface area (TPSA) is 57.7 Å². The first-order valence-electron chi connectivity index (χ1n) is 10.1. The monoisotopic (exact) mass is 434 g/mol. The Hall–Kier alpha value is -1.89. The van der Waals surface area contributed by atoms with Gasteiger partial charge < -0.3 is 4.90 Å². The van der Waals surface area contributed by atoms with Crippen LogP contribution in [0.3, 0.4) is 0 Å². The van der Waals surface area contributed by atoms with Crippen LogP contribution >= 0.6 is 11.6 Å². The molecule has 1 heterocycles.